The third kappa shape index (κ3) is 4.15. The van der Waals surface area contributed by atoms with Gasteiger partial charge in [-0.15, -0.1) is 0 Å². The van der Waals surface area contributed by atoms with Crippen molar-refractivity contribution >= 4 is 40.4 Å². The lowest BCUT2D eigenvalue weighted by Crippen LogP contribution is -2.44. The Balaban J connectivity index is 1.44. The van der Waals surface area contributed by atoms with E-state index in [2.05, 4.69) is 10.1 Å². The van der Waals surface area contributed by atoms with Crippen LogP contribution in [0.15, 0.2) is 36.5 Å². The largest absolute Gasteiger partial charge is 0.413 e. The molecule has 2 aliphatic heterocycles. The van der Waals surface area contributed by atoms with Crippen LogP contribution >= 0.6 is 11.6 Å². The van der Waals surface area contributed by atoms with Crippen molar-refractivity contribution < 1.29 is 22.8 Å². The molecule has 3 aromatic rings. The molecule has 1 saturated heterocycles. The lowest BCUT2D eigenvalue weighted by molar-refractivity contribution is -0.190. The van der Waals surface area contributed by atoms with E-state index in [1.54, 1.807) is 28.9 Å². The summed E-state index contributed by atoms with van der Waals surface area (Å²) in [4.78, 5) is 33.5. The zero-order chi connectivity index (χ0) is 25.8. The number of alkyl halides is 3. The number of carbonyl (C=O) groups is 2. The first-order chi connectivity index (χ1) is 17.1. The average molecular weight is 521 g/mol. The van der Waals surface area contributed by atoms with Crippen LogP contribution in [0.4, 0.5) is 24.5 Å². The first-order valence-electron chi connectivity index (χ1n) is 11.6. The van der Waals surface area contributed by atoms with Gasteiger partial charge in [0.1, 0.15) is 5.92 Å². The van der Waals surface area contributed by atoms with Crippen LogP contribution in [-0.4, -0.2) is 69.6 Å². The van der Waals surface area contributed by atoms with Gasteiger partial charge in [0.05, 0.1) is 17.6 Å². The number of aromatic nitrogens is 3. The summed E-state index contributed by atoms with van der Waals surface area (Å²) in [5.74, 6) is -2.36. The van der Waals surface area contributed by atoms with E-state index >= 15 is 0 Å². The molecule has 0 radical (unpaired) electrons. The van der Waals surface area contributed by atoms with Crippen molar-refractivity contribution in [3.63, 3.8) is 0 Å². The van der Waals surface area contributed by atoms with Crippen molar-refractivity contribution in [2.45, 2.75) is 31.5 Å². The summed E-state index contributed by atoms with van der Waals surface area (Å²) < 4.78 is 44.1. The normalized spacial score (nSPS) is 19.1. The zero-order valence-corrected chi connectivity index (χ0v) is 20.4. The summed E-state index contributed by atoms with van der Waals surface area (Å²) in [6.07, 6.45) is -1.21. The molecular formula is C24H24ClF3N6O2. The molecule has 8 nitrogen and oxygen atoms in total. The second-order valence-corrected chi connectivity index (χ2v) is 9.56. The fourth-order valence-corrected chi connectivity index (χ4v) is 5.26. The Labute approximate surface area is 210 Å². The molecule has 2 aliphatic rings. The predicted molar refractivity (Wildman–Crippen MR) is 127 cm³/mol. The fraction of sp³-hybridized carbons (Fsp3) is 0.417. The lowest BCUT2D eigenvalue weighted by Gasteiger charge is -2.33. The van der Waals surface area contributed by atoms with Crippen molar-refractivity contribution in [1.82, 2.24) is 24.4 Å². The van der Waals surface area contributed by atoms with E-state index in [9.17, 15) is 22.8 Å². The third-order valence-electron chi connectivity index (χ3n) is 6.91. The summed E-state index contributed by atoms with van der Waals surface area (Å²) in [6.45, 7) is 1.00. The van der Waals surface area contributed by atoms with Gasteiger partial charge in [0, 0.05) is 38.9 Å². The van der Waals surface area contributed by atoms with Crippen LogP contribution in [0, 0.1) is 5.92 Å². The van der Waals surface area contributed by atoms with Crippen molar-refractivity contribution in [3.8, 4) is 0 Å². The number of carbonyl (C=O) groups excluding carboxylic acids is 2. The number of fused-ring (bicyclic) bond motifs is 3. The molecule has 0 spiro atoms. The molecule has 0 N–H and O–H groups in total. The quantitative estimate of drug-likeness (QED) is 0.486. The predicted octanol–water partition coefficient (Wildman–Crippen LogP) is 4.01. The van der Waals surface area contributed by atoms with Crippen molar-refractivity contribution in [1.29, 1.82) is 0 Å². The van der Waals surface area contributed by atoms with Gasteiger partial charge < -0.3 is 14.7 Å². The standard InChI is InChI=1S/C24H24ClF3N6O2/c1-31-11-9-16(22(31)35)23(36)32(2)21(24(26,27)28)14-5-7-15(8-6-14)33-10-3-4-17-18(33)13-29-20-12-19(25)30-34(17)20/h5-8,12-13,16,21H,3-4,9-11H2,1-2H3/t16-,21-/m0/s1. The van der Waals surface area contributed by atoms with Crippen LogP contribution in [0.1, 0.15) is 30.1 Å². The molecule has 4 heterocycles. The van der Waals surface area contributed by atoms with E-state index < -0.39 is 30.0 Å². The van der Waals surface area contributed by atoms with Gasteiger partial charge in [0.2, 0.25) is 11.8 Å². The van der Waals surface area contributed by atoms with Gasteiger partial charge in [-0.05, 0) is 37.0 Å². The Morgan fingerprint density at radius 2 is 1.94 bits per heavy atom. The molecule has 2 atom stereocenters. The van der Waals surface area contributed by atoms with E-state index in [0.29, 0.717) is 34.5 Å². The zero-order valence-electron chi connectivity index (χ0n) is 19.7. The molecule has 2 amide bonds. The summed E-state index contributed by atoms with van der Waals surface area (Å²) in [5, 5.41) is 4.63. The van der Waals surface area contributed by atoms with Gasteiger partial charge in [-0.25, -0.2) is 9.50 Å². The minimum absolute atomic E-state index is 0.0782. The Kier molecular flexibility index (Phi) is 6.06. The van der Waals surface area contributed by atoms with Gasteiger partial charge in [-0.3, -0.25) is 9.59 Å². The van der Waals surface area contributed by atoms with Gasteiger partial charge in [-0.1, -0.05) is 23.7 Å². The first kappa shape index (κ1) is 24.4. The van der Waals surface area contributed by atoms with Crippen LogP contribution in [0.3, 0.4) is 0 Å². The molecule has 1 aromatic carbocycles. The highest BCUT2D eigenvalue weighted by Gasteiger charge is 2.48. The SMILES string of the molecule is CN1CC[C@H](C(=O)N(C)[C@@H](c2ccc(N3CCCc4c3cnc3cc(Cl)nn43)cc2)C(F)(F)F)C1=O. The average Bonchev–Trinajstić information content (AvgIpc) is 3.39. The topological polar surface area (TPSA) is 74.1 Å². The Bertz CT molecular complexity index is 1330. The van der Waals surface area contributed by atoms with Gasteiger partial charge >= 0.3 is 6.18 Å². The molecule has 1 fully saturated rings. The molecule has 190 valence electrons. The van der Waals surface area contributed by atoms with E-state index in [-0.39, 0.29) is 12.0 Å². The lowest BCUT2D eigenvalue weighted by atomic mass is 10.0. The van der Waals surface area contributed by atoms with Crippen LogP contribution in [-0.2, 0) is 16.0 Å². The number of likely N-dealkylation sites (tertiary alicyclic amines) is 1. The van der Waals surface area contributed by atoms with Crippen molar-refractivity contribution in [2.75, 3.05) is 32.1 Å². The van der Waals surface area contributed by atoms with Crippen LogP contribution in [0.25, 0.3) is 5.65 Å². The molecule has 0 aliphatic carbocycles. The summed E-state index contributed by atoms with van der Waals surface area (Å²) >= 11 is 6.04. The number of nitrogens with zero attached hydrogens (tertiary/aromatic N) is 6. The molecule has 36 heavy (non-hydrogen) atoms. The molecule has 12 heteroatoms. The summed E-state index contributed by atoms with van der Waals surface area (Å²) in [6, 6.07) is 5.48. The second-order valence-electron chi connectivity index (χ2n) is 9.17. The van der Waals surface area contributed by atoms with Gasteiger partial charge in [-0.2, -0.15) is 18.3 Å². The second kappa shape index (κ2) is 8.95. The molecule has 0 unspecified atom stereocenters. The monoisotopic (exact) mass is 520 g/mol. The van der Waals surface area contributed by atoms with E-state index in [1.807, 2.05) is 4.90 Å². The number of hydrogen-bond acceptors (Lipinski definition) is 5. The highest BCUT2D eigenvalue weighted by atomic mass is 35.5. The Morgan fingerprint density at radius 3 is 2.58 bits per heavy atom. The molecular weight excluding hydrogens is 497 g/mol. The van der Waals surface area contributed by atoms with Crippen LogP contribution in [0.2, 0.25) is 5.15 Å². The minimum atomic E-state index is -4.72. The van der Waals surface area contributed by atoms with Crippen LogP contribution in [0.5, 0.6) is 0 Å². The minimum Gasteiger partial charge on any atom is -0.345 e. The number of aryl methyl sites for hydroxylation is 1. The number of anilines is 2. The first-order valence-corrected chi connectivity index (χ1v) is 11.9. The van der Waals surface area contributed by atoms with Crippen molar-refractivity contribution in [2.24, 2.45) is 5.92 Å². The smallest absolute Gasteiger partial charge is 0.345 e. The number of rotatable bonds is 4. The third-order valence-corrected chi connectivity index (χ3v) is 7.09. The Morgan fingerprint density at radius 1 is 1.22 bits per heavy atom. The number of hydrogen-bond donors (Lipinski definition) is 0. The maximum absolute atomic E-state index is 14.2. The van der Waals surface area contributed by atoms with Gasteiger partial charge in [0.25, 0.3) is 0 Å². The Hall–Kier alpha value is -3.34. The number of benzene rings is 1. The number of amides is 2. The highest BCUT2D eigenvalue weighted by Crippen LogP contribution is 2.40. The summed E-state index contributed by atoms with van der Waals surface area (Å²) in [5.41, 5.74) is 2.98. The molecule has 5 rings (SSSR count). The highest BCUT2D eigenvalue weighted by molar-refractivity contribution is 6.29. The maximum Gasteiger partial charge on any atom is 0.413 e. The van der Waals surface area contributed by atoms with E-state index in [1.165, 1.54) is 24.1 Å². The van der Waals surface area contributed by atoms with Crippen LogP contribution < -0.4 is 4.90 Å². The van der Waals surface area contributed by atoms with Crippen molar-refractivity contribution in [3.05, 3.63) is 52.9 Å². The molecule has 0 bridgehead atoms. The van der Waals surface area contributed by atoms with E-state index in [4.69, 9.17) is 11.6 Å². The maximum atomic E-state index is 14.2. The van der Waals surface area contributed by atoms with Gasteiger partial charge in [0.15, 0.2) is 16.8 Å². The molecule has 2 aromatic heterocycles. The fourth-order valence-electron chi connectivity index (χ4n) is 5.09. The summed E-state index contributed by atoms with van der Waals surface area (Å²) in [7, 11) is 2.64. The van der Waals surface area contributed by atoms with E-state index in [0.717, 1.165) is 31.3 Å². The number of halogens is 4. The molecule has 0 saturated carbocycles.